The zero-order valence-electron chi connectivity index (χ0n) is 39.5. The van der Waals surface area contributed by atoms with Crippen molar-refractivity contribution >= 4 is 5.69 Å². The molecule has 5 unspecified atom stereocenters. The summed E-state index contributed by atoms with van der Waals surface area (Å²) in [6, 6.07) is 4.55. The number of rotatable bonds is 19. The third kappa shape index (κ3) is 12.6. The number of hydrogen-bond acceptors (Lipinski definition) is 33. The van der Waals surface area contributed by atoms with E-state index in [2.05, 4.69) is 0 Å². The zero-order chi connectivity index (χ0) is 55.6. The van der Waals surface area contributed by atoms with Gasteiger partial charge >= 0.3 is 0 Å². The van der Waals surface area contributed by atoms with Crippen molar-refractivity contribution in [1.82, 2.24) is 0 Å². The summed E-state index contributed by atoms with van der Waals surface area (Å²) in [5, 5.41) is 214. The lowest BCUT2D eigenvalue weighted by atomic mass is 9.95. The molecule has 0 bridgehead atoms. The van der Waals surface area contributed by atoms with E-state index in [9.17, 15) is 107 Å². The number of hydrogen-bond donors (Lipinski definition) is 19. The summed E-state index contributed by atoms with van der Waals surface area (Å²) in [5.41, 5.74) is -0.279. The van der Waals surface area contributed by atoms with Crippen LogP contribution in [0, 0.1) is 10.1 Å². The second kappa shape index (κ2) is 26.2. The molecule has 1 aromatic carbocycles. The summed E-state index contributed by atoms with van der Waals surface area (Å²) >= 11 is 0. The molecule has 436 valence electrons. The molecule has 1 aromatic rings. The van der Waals surface area contributed by atoms with Gasteiger partial charge in [-0.1, -0.05) is 0 Å². The van der Waals surface area contributed by atoms with Crippen LogP contribution < -0.4 is 4.74 Å². The molecule has 0 amide bonds. The van der Waals surface area contributed by atoms with E-state index in [-0.39, 0.29) is 11.4 Å². The van der Waals surface area contributed by atoms with Crippen LogP contribution in [0.3, 0.4) is 0 Å². The summed E-state index contributed by atoms with van der Waals surface area (Å²) < 4.78 is 67.0. The number of aliphatic hydroxyl groups is 19. The third-order valence-corrected chi connectivity index (χ3v) is 13.7. The van der Waals surface area contributed by atoms with Gasteiger partial charge in [0, 0.05) is 12.1 Å². The van der Waals surface area contributed by atoms with Crippen LogP contribution in [-0.2, 0) is 52.1 Å². The van der Waals surface area contributed by atoms with Gasteiger partial charge in [-0.15, -0.1) is 0 Å². The number of nitrogens with zero attached hydrogens (tertiary/aromatic N) is 1. The lowest BCUT2D eigenvalue weighted by Gasteiger charge is -2.49. The standard InChI is InChI=1S/C42H65NO33/c44-5-13-19(50)20(51)26(57)38(66-13)72-33-15(7-46)68-40(28(59)22(33)53)74-35-17(9-48)70-42(30(61)24(35)55)76-36-18(10-49)71-41(31(62)25(36)56)75-34-16(8-47)69-39(29(60)23(34)54)73-32-14(6-45)67-37(27(58)21(32)52)65-12-3-1-11(2-4-12)43(63)64/h1-4,13-42,44-62H,5-10H2/t13?,14-,15-,16-,17-,18-,19?,20?,21-,22-,23-,24-,25-,26?,27-,28-,29-,30-,31-,32-,33-,34-,35-,36-,37+,38?,39-,40-,41-,42-/m1/s1. The molecule has 34 heteroatoms. The fraction of sp³-hybridized carbons (Fsp3) is 0.857. The topological polar surface area (TPSA) is 538 Å². The normalized spacial score (nSPS) is 48.3. The minimum Gasteiger partial charge on any atom is -0.462 e. The summed E-state index contributed by atoms with van der Waals surface area (Å²) in [6.07, 6.45) is -57.0. The molecular weight excluding hydrogens is 1050 g/mol. The van der Waals surface area contributed by atoms with Crippen LogP contribution in [0.5, 0.6) is 5.75 Å². The second-order valence-corrected chi connectivity index (χ2v) is 18.6. The highest BCUT2D eigenvalue weighted by Crippen LogP contribution is 2.37. The summed E-state index contributed by atoms with van der Waals surface area (Å²) in [7, 11) is 0. The minimum atomic E-state index is -2.20. The van der Waals surface area contributed by atoms with Gasteiger partial charge in [0.2, 0.25) is 6.29 Å². The first kappa shape index (κ1) is 60.9. The molecule has 6 heterocycles. The molecule has 30 atom stereocenters. The van der Waals surface area contributed by atoms with E-state index in [4.69, 9.17) is 56.8 Å². The Morgan fingerprint density at radius 3 is 0.842 bits per heavy atom. The predicted molar refractivity (Wildman–Crippen MR) is 231 cm³/mol. The average molecular weight is 1110 g/mol. The van der Waals surface area contributed by atoms with Crippen LogP contribution in [0.1, 0.15) is 0 Å². The number of nitro benzene ring substituents is 1. The Morgan fingerprint density at radius 2 is 0.579 bits per heavy atom. The van der Waals surface area contributed by atoms with Crippen molar-refractivity contribution in [3.8, 4) is 5.75 Å². The molecule has 0 radical (unpaired) electrons. The summed E-state index contributed by atoms with van der Waals surface area (Å²) in [6.45, 7) is -5.80. The van der Waals surface area contributed by atoms with Crippen molar-refractivity contribution in [2.45, 2.75) is 184 Å². The zero-order valence-corrected chi connectivity index (χ0v) is 39.5. The van der Waals surface area contributed by atoms with Crippen LogP contribution in [0.25, 0.3) is 0 Å². The molecule has 19 N–H and O–H groups in total. The lowest BCUT2D eigenvalue weighted by molar-refractivity contribution is -0.395. The molecule has 7 rings (SSSR count). The highest BCUT2D eigenvalue weighted by molar-refractivity contribution is 5.36. The van der Waals surface area contributed by atoms with Crippen LogP contribution in [0.4, 0.5) is 5.69 Å². The highest BCUT2D eigenvalue weighted by atomic mass is 16.8. The van der Waals surface area contributed by atoms with Crippen LogP contribution in [0.2, 0.25) is 0 Å². The van der Waals surface area contributed by atoms with Crippen LogP contribution in [-0.4, -0.2) is 326 Å². The molecule has 6 saturated heterocycles. The summed E-state index contributed by atoms with van der Waals surface area (Å²) in [4.78, 5) is 10.3. The van der Waals surface area contributed by atoms with Gasteiger partial charge in [-0.25, -0.2) is 0 Å². The summed E-state index contributed by atoms with van der Waals surface area (Å²) in [5.74, 6) is -0.0341. The maximum atomic E-state index is 11.3. The first-order chi connectivity index (χ1) is 36.1. The largest absolute Gasteiger partial charge is 0.462 e. The number of non-ortho nitro benzene ring substituents is 1. The lowest BCUT2D eigenvalue weighted by Crippen LogP contribution is -2.68. The third-order valence-electron chi connectivity index (χ3n) is 13.7. The van der Waals surface area contributed by atoms with Crippen molar-refractivity contribution in [2.75, 3.05) is 39.6 Å². The smallest absolute Gasteiger partial charge is 0.269 e. The monoisotopic (exact) mass is 1110 g/mol. The molecular formula is C42H65NO33. The fourth-order valence-corrected chi connectivity index (χ4v) is 9.39. The van der Waals surface area contributed by atoms with Gasteiger partial charge in [0.15, 0.2) is 31.5 Å². The van der Waals surface area contributed by atoms with E-state index < -0.39 is 229 Å². The molecule has 6 fully saturated rings. The van der Waals surface area contributed by atoms with E-state index >= 15 is 0 Å². The van der Waals surface area contributed by atoms with Crippen molar-refractivity contribution in [3.05, 3.63) is 34.4 Å². The van der Waals surface area contributed by atoms with Gasteiger partial charge < -0.3 is 154 Å². The van der Waals surface area contributed by atoms with E-state index in [0.717, 1.165) is 12.1 Å². The Kier molecular flexibility index (Phi) is 21.0. The Balaban J connectivity index is 0.946. The number of ether oxygens (including phenoxy) is 12. The molecule has 6 aliphatic rings. The van der Waals surface area contributed by atoms with Gasteiger partial charge in [-0.3, -0.25) is 10.1 Å². The molecule has 76 heavy (non-hydrogen) atoms. The number of nitro groups is 1. The van der Waals surface area contributed by atoms with E-state index in [1.165, 1.54) is 12.1 Å². The SMILES string of the molecule is O=[N+]([O-])c1ccc(O[C@H]2O[C@H](CO)[C@@H](O[C@H]3O[C@H](CO)[C@@H](O[C@H]4O[C@H](CO)[C@@H](O[C@H]5O[C@H](CO)[C@@H](O[C@H]6O[C@H](CO)[C@@H](OC7OC(CO)C(O)C(O)C7O)[C@H](O)[C@H]6O)[C@H](O)[C@H]5O)[C@H](O)[C@H]4O)[C@H](O)[C@H]3O)[C@H](O)[C@H]2O)cc1. The van der Waals surface area contributed by atoms with Crippen LogP contribution >= 0.6 is 0 Å². The quantitative estimate of drug-likeness (QED) is 0.0452. The second-order valence-electron chi connectivity index (χ2n) is 18.6. The number of benzene rings is 1. The van der Waals surface area contributed by atoms with Gasteiger partial charge in [0.25, 0.3) is 5.69 Å². The van der Waals surface area contributed by atoms with Crippen molar-refractivity contribution in [2.24, 2.45) is 0 Å². The highest BCUT2D eigenvalue weighted by Gasteiger charge is 2.57. The Morgan fingerprint density at radius 1 is 0.342 bits per heavy atom. The Hall–Kier alpha value is -2.78. The molecule has 0 saturated carbocycles. The fourth-order valence-electron chi connectivity index (χ4n) is 9.39. The average Bonchev–Trinajstić information content (AvgIpc) is 3.43. The van der Waals surface area contributed by atoms with Gasteiger partial charge in [0.05, 0.1) is 44.6 Å². The Labute approximate surface area is 428 Å². The molecule has 6 aliphatic heterocycles. The maximum absolute atomic E-state index is 11.3. The molecule has 0 aliphatic carbocycles. The molecule has 0 spiro atoms. The van der Waals surface area contributed by atoms with E-state index in [0.29, 0.717) is 0 Å². The van der Waals surface area contributed by atoms with E-state index in [1.807, 2.05) is 0 Å². The number of aliphatic hydroxyl groups excluding tert-OH is 19. The molecule has 0 aromatic heterocycles. The molecule has 34 nitrogen and oxygen atoms in total. The minimum absolute atomic E-state index is 0.0341. The Bertz CT molecular complexity index is 1960. The van der Waals surface area contributed by atoms with Gasteiger partial charge in [-0.05, 0) is 12.1 Å². The van der Waals surface area contributed by atoms with Crippen LogP contribution in [0.15, 0.2) is 24.3 Å². The first-order valence-corrected chi connectivity index (χ1v) is 23.7. The van der Waals surface area contributed by atoms with Crippen molar-refractivity contribution < 1.29 is 159 Å². The van der Waals surface area contributed by atoms with Gasteiger partial charge in [0.1, 0.15) is 152 Å². The van der Waals surface area contributed by atoms with Crippen molar-refractivity contribution in [1.29, 1.82) is 0 Å². The van der Waals surface area contributed by atoms with Crippen molar-refractivity contribution in [3.63, 3.8) is 0 Å². The first-order valence-electron chi connectivity index (χ1n) is 23.7. The maximum Gasteiger partial charge on any atom is 0.269 e. The van der Waals surface area contributed by atoms with Gasteiger partial charge in [-0.2, -0.15) is 0 Å². The predicted octanol–water partition coefficient (Wildman–Crippen LogP) is -12.1. The van der Waals surface area contributed by atoms with E-state index in [1.54, 1.807) is 0 Å².